The van der Waals surface area contributed by atoms with Crippen molar-refractivity contribution in [2.45, 2.75) is 55.9 Å². The Morgan fingerprint density at radius 3 is 2.54 bits per heavy atom. The summed E-state index contributed by atoms with van der Waals surface area (Å²) in [4.78, 5) is 23.5. The lowest BCUT2D eigenvalue weighted by atomic mass is 10.2. The lowest BCUT2D eigenvalue weighted by Gasteiger charge is -2.05. The van der Waals surface area contributed by atoms with Gasteiger partial charge >= 0.3 is 0 Å². The Labute approximate surface area is 215 Å². The van der Waals surface area contributed by atoms with E-state index >= 15 is 0 Å². The molecule has 12 heteroatoms. The summed E-state index contributed by atoms with van der Waals surface area (Å²) in [6.45, 7) is 2.06. The second kappa shape index (κ2) is 11.0. The first-order valence-corrected chi connectivity index (χ1v) is 13.8. The van der Waals surface area contributed by atoms with Gasteiger partial charge in [-0.1, -0.05) is 0 Å². The summed E-state index contributed by atoms with van der Waals surface area (Å²) < 4.78 is 31.6. The monoisotopic (exact) mass is 525 g/mol. The maximum absolute atomic E-state index is 12.2. The molecule has 196 valence electrons. The fourth-order valence-electron chi connectivity index (χ4n) is 3.69. The first-order valence-electron chi connectivity index (χ1n) is 11.9. The van der Waals surface area contributed by atoms with Gasteiger partial charge < -0.3 is 25.9 Å². The van der Waals surface area contributed by atoms with Crippen molar-refractivity contribution in [1.82, 2.24) is 24.7 Å². The van der Waals surface area contributed by atoms with Crippen LogP contribution in [0.1, 0.15) is 60.3 Å². The highest BCUT2D eigenvalue weighted by molar-refractivity contribution is 7.91. The fraction of sp³-hybridized carbons (Fsp3) is 0.360. The van der Waals surface area contributed by atoms with Gasteiger partial charge in [0.2, 0.25) is 6.41 Å². The second-order valence-corrected chi connectivity index (χ2v) is 11.2. The molecule has 5 N–H and O–H groups in total. The number of nitrogens with one attached hydrogen (secondary N) is 1. The molecular formula is C25H31N7O4S. The van der Waals surface area contributed by atoms with Gasteiger partial charge in [-0.3, -0.25) is 4.79 Å². The van der Waals surface area contributed by atoms with E-state index in [9.17, 15) is 13.2 Å². The van der Waals surface area contributed by atoms with Gasteiger partial charge in [-0.05, 0) is 56.2 Å². The summed E-state index contributed by atoms with van der Waals surface area (Å²) in [6, 6.07) is 3.64. The Morgan fingerprint density at radius 1 is 1.22 bits per heavy atom. The molecule has 0 bridgehead atoms. The van der Waals surface area contributed by atoms with Gasteiger partial charge in [0.05, 0.1) is 5.69 Å². The number of carbonyl (C=O) groups is 1. The number of aryl methyl sites for hydroxylation is 1. The lowest BCUT2D eigenvalue weighted by molar-refractivity contribution is -0.108. The highest BCUT2D eigenvalue weighted by Crippen LogP contribution is 2.41. The first kappa shape index (κ1) is 26.1. The molecule has 2 aliphatic rings. The zero-order chi connectivity index (χ0) is 26.6. The predicted molar refractivity (Wildman–Crippen MR) is 138 cm³/mol. The van der Waals surface area contributed by atoms with E-state index in [4.69, 9.17) is 16.2 Å². The number of nitrogens with two attached hydrogens (primary N) is 2. The number of imidazole rings is 1. The maximum atomic E-state index is 12.2. The number of aromatic nitrogens is 4. The highest BCUT2D eigenvalue weighted by atomic mass is 32.2. The summed E-state index contributed by atoms with van der Waals surface area (Å²) in [5.74, 6) is 2.44. The van der Waals surface area contributed by atoms with Crippen LogP contribution in [0.3, 0.4) is 0 Å². The van der Waals surface area contributed by atoms with Crippen LogP contribution in [0.4, 0.5) is 0 Å². The SMILES string of the molecule is CS(=O)(=O)c1cc(C2CC2)cn2cc(COC(/C=C(\N)NC=O)=C/N)nc12.Cc1ccnc(C2CC2)n1. The number of ether oxygens (including phenoxy) is 1. The average Bonchev–Trinajstić information content (AvgIpc) is 3.77. The van der Waals surface area contributed by atoms with Gasteiger partial charge in [0.15, 0.2) is 15.5 Å². The molecule has 5 rings (SSSR count). The third kappa shape index (κ3) is 7.06. The summed E-state index contributed by atoms with van der Waals surface area (Å²) in [7, 11) is -3.43. The topological polar surface area (TPSA) is 168 Å². The van der Waals surface area contributed by atoms with Crippen molar-refractivity contribution in [3.63, 3.8) is 0 Å². The van der Waals surface area contributed by atoms with Crippen LogP contribution in [0.5, 0.6) is 0 Å². The molecular weight excluding hydrogens is 494 g/mol. The molecule has 0 aromatic carbocycles. The maximum Gasteiger partial charge on any atom is 0.212 e. The molecule has 0 spiro atoms. The first-order chi connectivity index (χ1) is 17.7. The van der Waals surface area contributed by atoms with E-state index in [1.165, 1.54) is 31.4 Å². The zero-order valence-corrected chi connectivity index (χ0v) is 21.6. The third-order valence-electron chi connectivity index (χ3n) is 5.87. The number of fused-ring (bicyclic) bond motifs is 1. The van der Waals surface area contributed by atoms with Gasteiger partial charge in [-0.15, -0.1) is 0 Å². The Kier molecular flexibility index (Phi) is 7.77. The standard InChI is InChI=1S/C17H21N5O4S.C8H10N2/c1-27(24,25)15-4-12(11-2-3-11)7-22-8-13(21-17(15)22)9-26-14(6-18)5-16(19)20-10-23;1-6-4-5-9-8(10-6)7-2-3-7/h4-8,10-11H,2-3,9,18-19H2,1H3,(H,20,23);4-5,7H,2-3H2,1H3/b14-6+,16-5+;. The van der Waals surface area contributed by atoms with Crippen molar-refractivity contribution in [3.05, 3.63) is 77.4 Å². The largest absolute Gasteiger partial charge is 0.486 e. The van der Waals surface area contributed by atoms with E-state index in [-0.39, 0.29) is 23.1 Å². The molecule has 3 heterocycles. The van der Waals surface area contributed by atoms with Crippen LogP contribution in [-0.2, 0) is 26.0 Å². The summed E-state index contributed by atoms with van der Waals surface area (Å²) in [5.41, 5.74) is 14.0. The number of amides is 1. The minimum atomic E-state index is -3.43. The summed E-state index contributed by atoms with van der Waals surface area (Å²) in [5, 5.41) is 2.27. The molecule has 2 fully saturated rings. The summed E-state index contributed by atoms with van der Waals surface area (Å²) in [6.07, 6.45) is 14.3. The Hall–Kier alpha value is -3.93. The number of sulfone groups is 1. The predicted octanol–water partition coefficient (Wildman–Crippen LogP) is 2.14. The van der Waals surface area contributed by atoms with Crippen LogP contribution < -0.4 is 16.8 Å². The minimum absolute atomic E-state index is 0.0531. The number of allylic oxidation sites excluding steroid dienone is 1. The quantitative estimate of drug-likeness (QED) is 0.215. The average molecular weight is 526 g/mol. The number of carbonyl (C=O) groups excluding carboxylic acids is 1. The number of hydrogen-bond acceptors (Lipinski definition) is 9. The van der Waals surface area contributed by atoms with E-state index in [1.54, 1.807) is 16.7 Å². The van der Waals surface area contributed by atoms with E-state index in [1.807, 2.05) is 25.4 Å². The van der Waals surface area contributed by atoms with Crippen LogP contribution in [0.2, 0.25) is 0 Å². The lowest BCUT2D eigenvalue weighted by Crippen LogP contribution is -2.18. The van der Waals surface area contributed by atoms with Crippen LogP contribution >= 0.6 is 0 Å². The molecule has 0 unspecified atom stereocenters. The molecule has 3 aromatic heterocycles. The second-order valence-electron chi connectivity index (χ2n) is 9.20. The molecule has 3 aromatic rings. The number of hydrogen-bond donors (Lipinski definition) is 3. The van der Waals surface area contributed by atoms with Crippen molar-refractivity contribution < 1.29 is 17.9 Å². The smallest absolute Gasteiger partial charge is 0.212 e. The van der Waals surface area contributed by atoms with E-state index in [2.05, 4.69) is 20.3 Å². The van der Waals surface area contributed by atoms with Crippen LogP contribution in [-0.4, -0.2) is 40.4 Å². The number of rotatable bonds is 9. The fourth-order valence-corrected chi connectivity index (χ4v) is 4.52. The van der Waals surface area contributed by atoms with Crippen molar-refractivity contribution in [3.8, 4) is 0 Å². The molecule has 2 aliphatic carbocycles. The Morgan fingerprint density at radius 2 is 1.95 bits per heavy atom. The Bertz CT molecular complexity index is 1450. The number of nitrogens with zero attached hydrogens (tertiary/aromatic N) is 4. The van der Waals surface area contributed by atoms with Crippen LogP contribution in [0, 0.1) is 6.92 Å². The molecule has 37 heavy (non-hydrogen) atoms. The molecule has 2 saturated carbocycles. The normalized spacial score (nSPS) is 16.2. The molecule has 11 nitrogen and oxygen atoms in total. The molecule has 0 atom stereocenters. The molecule has 0 radical (unpaired) electrons. The van der Waals surface area contributed by atoms with Crippen molar-refractivity contribution >= 4 is 21.9 Å². The van der Waals surface area contributed by atoms with Gasteiger partial charge in [0.25, 0.3) is 0 Å². The van der Waals surface area contributed by atoms with Crippen molar-refractivity contribution in [1.29, 1.82) is 0 Å². The highest BCUT2D eigenvalue weighted by Gasteiger charge is 2.27. The van der Waals surface area contributed by atoms with Gasteiger partial charge in [-0.25, -0.2) is 23.4 Å². The summed E-state index contributed by atoms with van der Waals surface area (Å²) >= 11 is 0. The van der Waals surface area contributed by atoms with E-state index in [0.717, 1.165) is 29.9 Å². The Balaban J connectivity index is 0.000000265. The van der Waals surface area contributed by atoms with Gasteiger partial charge in [0, 0.05) is 48.7 Å². The van der Waals surface area contributed by atoms with Crippen LogP contribution in [0.15, 0.2) is 59.5 Å². The molecule has 0 saturated heterocycles. The number of pyridine rings is 1. The van der Waals surface area contributed by atoms with Crippen molar-refractivity contribution in [2.24, 2.45) is 11.5 Å². The van der Waals surface area contributed by atoms with Gasteiger partial charge in [-0.2, -0.15) is 0 Å². The third-order valence-corrected chi connectivity index (χ3v) is 6.97. The van der Waals surface area contributed by atoms with Gasteiger partial charge in [0.1, 0.15) is 28.9 Å². The molecule has 1 amide bonds. The zero-order valence-electron chi connectivity index (χ0n) is 20.8. The minimum Gasteiger partial charge on any atom is -0.486 e. The van der Waals surface area contributed by atoms with E-state index in [0.29, 0.717) is 29.6 Å². The van der Waals surface area contributed by atoms with Crippen molar-refractivity contribution in [2.75, 3.05) is 6.26 Å². The molecule has 0 aliphatic heterocycles. The van der Waals surface area contributed by atoms with E-state index < -0.39 is 9.84 Å². The van der Waals surface area contributed by atoms with Crippen LogP contribution in [0.25, 0.3) is 5.65 Å².